The lowest BCUT2D eigenvalue weighted by Gasteiger charge is -2.06. The van der Waals surface area contributed by atoms with Gasteiger partial charge in [-0.2, -0.15) is 0 Å². The van der Waals surface area contributed by atoms with Crippen LogP contribution in [0.4, 0.5) is 4.39 Å². The van der Waals surface area contributed by atoms with Crippen LogP contribution < -0.4 is 5.32 Å². The third kappa shape index (κ3) is 6.35. The fourth-order valence-corrected chi connectivity index (χ4v) is 1.62. The molecule has 0 heterocycles. The van der Waals surface area contributed by atoms with E-state index in [9.17, 15) is 9.18 Å². The predicted molar refractivity (Wildman–Crippen MR) is 68.6 cm³/mol. The molecular formula is C14H20FNO2. The van der Waals surface area contributed by atoms with E-state index in [2.05, 4.69) is 5.32 Å². The zero-order valence-electron chi connectivity index (χ0n) is 10.7. The van der Waals surface area contributed by atoms with Gasteiger partial charge in [0.05, 0.1) is 6.10 Å². The Labute approximate surface area is 107 Å². The molecule has 2 N–H and O–H groups in total. The number of carbonyl (C=O) groups excluding carboxylic acids is 1. The summed E-state index contributed by atoms with van der Waals surface area (Å²) < 4.78 is 12.7. The zero-order valence-corrected chi connectivity index (χ0v) is 10.7. The summed E-state index contributed by atoms with van der Waals surface area (Å²) in [5.41, 5.74) is 0.954. The second-order valence-corrected chi connectivity index (χ2v) is 4.47. The standard InChI is InChI=1S/C14H20FNO2/c1-11(17)3-2-10-16-14(18)9-6-12-4-7-13(15)8-5-12/h4-5,7-8,11,17H,2-3,6,9-10H2,1H3,(H,16,18). The van der Waals surface area contributed by atoms with E-state index >= 15 is 0 Å². The fraction of sp³-hybridized carbons (Fsp3) is 0.500. The van der Waals surface area contributed by atoms with Gasteiger partial charge in [0.25, 0.3) is 0 Å². The van der Waals surface area contributed by atoms with Crippen molar-refractivity contribution >= 4 is 5.91 Å². The lowest BCUT2D eigenvalue weighted by atomic mass is 10.1. The first-order chi connectivity index (χ1) is 8.58. The number of benzene rings is 1. The minimum atomic E-state index is -0.318. The van der Waals surface area contributed by atoms with E-state index in [1.165, 1.54) is 12.1 Å². The summed E-state index contributed by atoms with van der Waals surface area (Å²) in [6, 6.07) is 6.18. The van der Waals surface area contributed by atoms with Crippen LogP contribution in [0.3, 0.4) is 0 Å². The van der Waals surface area contributed by atoms with Crippen LogP contribution in [0.2, 0.25) is 0 Å². The number of carbonyl (C=O) groups is 1. The summed E-state index contributed by atoms with van der Waals surface area (Å²) in [5, 5.41) is 11.8. The lowest BCUT2D eigenvalue weighted by Crippen LogP contribution is -2.25. The molecular weight excluding hydrogens is 233 g/mol. The molecule has 4 heteroatoms. The molecule has 100 valence electrons. The summed E-state index contributed by atoms with van der Waals surface area (Å²) in [6.07, 6.45) is 2.17. The van der Waals surface area contributed by atoms with Crippen LogP contribution in [0.25, 0.3) is 0 Å². The summed E-state index contributed by atoms with van der Waals surface area (Å²) in [6.45, 7) is 2.32. The van der Waals surface area contributed by atoms with Gasteiger partial charge in [0, 0.05) is 13.0 Å². The summed E-state index contributed by atoms with van der Waals surface area (Å²) in [7, 11) is 0. The van der Waals surface area contributed by atoms with Gasteiger partial charge in [0.15, 0.2) is 0 Å². The molecule has 1 aromatic rings. The minimum absolute atomic E-state index is 0.00934. The third-order valence-corrected chi connectivity index (χ3v) is 2.67. The van der Waals surface area contributed by atoms with Gasteiger partial charge < -0.3 is 10.4 Å². The van der Waals surface area contributed by atoms with Crippen molar-refractivity contribution in [1.82, 2.24) is 5.32 Å². The highest BCUT2D eigenvalue weighted by molar-refractivity contribution is 5.76. The Morgan fingerprint density at radius 2 is 2.06 bits per heavy atom. The molecule has 0 saturated heterocycles. The number of aryl methyl sites for hydroxylation is 1. The van der Waals surface area contributed by atoms with E-state index in [-0.39, 0.29) is 17.8 Å². The van der Waals surface area contributed by atoms with Crippen LogP contribution in [-0.4, -0.2) is 23.7 Å². The van der Waals surface area contributed by atoms with E-state index in [1.54, 1.807) is 19.1 Å². The maximum absolute atomic E-state index is 12.7. The molecule has 1 aromatic carbocycles. The highest BCUT2D eigenvalue weighted by Gasteiger charge is 2.02. The Bertz CT molecular complexity index is 363. The van der Waals surface area contributed by atoms with Crippen LogP contribution in [-0.2, 0) is 11.2 Å². The second kappa shape index (κ2) is 7.82. The smallest absolute Gasteiger partial charge is 0.220 e. The molecule has 0 aliphatic rings. The first kappa shape index (κ1) is 14.6. The zero-order chi connectivity index (χ0) is 13.4. The number of hydrogen-bond donors (Lipinski definition) is 2. The van der Waals surface area contributed by atoms with Crippen molar-refractivity contribution in [2.24, 2.45) is 0 Å². The number of hydrogen-bond acceptors (Lipinski definition) is 2. The van der Waals surface area contributed by atoms with Gasteiger partial charge in [-0.3, -0.25) is 4.79 Å². The SMILES string of the molecule is CC(O)CCCNC(=O)CCc1ccc(F)cc1. The Hall–Kier alpha value is -1.42. The number of rotatable bonds is 7. The van der Waals surface area contributed by atoms with E-state index in [0.717, 1.165) is 12.0 Å². The molecule has 0 fully saturated rings. The molecule has 1 atom stereocenters. The average Bonchev–Trinajstić information content (AvgIpc) is 2.34. The molecule has 0 aromatic heterocycles. The highest BCUT2D eigenvalue weighted by Crippen LogP contribution is 2.05. The molecule has 0 radical (unpaired) electrons. The van der Waals surface area contributed by atoms with Crippen LogP contribution in [0.1, 0.15) is 31.7 Å². The number of amides is 1. The van der Waals surface area contributed by atoms with Crippen molar-refractivity contribution in [1.29, 1.82) is 0 Å². The lowest BCUT2D eigenvalue weighted by molar-refractivity contribution is -0.121. The van der Waals surface area contributed by atoms with E-state index in [1.807, 2.05) is 0 Å². The number of aliphatic hydroxyl groups excluding tert-OH is 1. The molecule has 1 rings (SSSR count). The minimum Gasteiger partial charge on any atom is -0.393 e. The monoisotopic (exact) mass is 253 g/mol. The molecule has 0 bridgehead atoms. The molecule has 0 aliphatic carbocycles. The third-order valence-electron chi connectivity index (χ3n) is 2.67. The van der Waals surface area contributed by atoms with Gasteiger partial charge in [-0.25, -0.2) is 4.39 Å². The Morgan fingerprint density at radius 3 is 2.67 bits per heavy atom. The summed E-state index contributed by atoms with van der Waals surface area (Å²) >= 11 is 0. The largest absolute Gasteiger partial charge is 0.393 e. The quantitative estimate of drug-likeness (QED) is 0.731. The summed E-state index contributed by atoms with van der Waals surface area (Å²) in [4.78, 5) is 11.5. The number of aliphatic hydroxyl groups is 1. The molecule has 18 heavy (non-hydrogen) atoms. The van der Waals surface area contributed by atoms with Crippen LogP contribution in [0.15, 0.2) is 24.3 Å². The molecule has 0 saturated carbocycles. The second-order valence-electron chi connectivity index (χ2n) is 4.47. The molecule has 1 unspecified atom stereocenters. The topological polar surface area (TPSA) is 49.3 Å². The van der Waals surface area contributed by atoms with Gasteiger partial charge >= 0.3 is 0 Å². The fourth-order valence-electron chi connectivity index (χ4n) is 1.62. The maximum Gasteiger partial charge on any atom is 0.220 e. The Balaban J connectivity index is 2.15. The van der Waals surface area contributed by atoms with Gasteiger partial charge in [-0.05, 0) is 43.9 Å². The van der Waals surface area contributed by atoms with Crippen LogP contribution >= 0.6 is 0 Å². The number of nitrogens with one attached hydrogen (secondary N) is 1. The van der Waals surface area contributed by atoms with Crippen LogP contribution in [0.5, 0.6) is 0 Å². The normalized spacial score (nSPS) is 12.2. The number of halogens is 1. The van der Waals surface area contributed by atoms with Crippen molar-refractivity contribution in [3.8, 4) is 0 Å². The van der Waals surface area contributed by atoms with E-state index < -0.39 is 0 Å². The first-order valence-electron chi connectivity index (χ1n) is 6.27. The molecule has 0 aliphatic heterocycles. The van der Waals surface area contributed by atoms with Gasteiger partial charge in [0.1, 0.15) is 5.82 Å². The van der Waals surface area contributed by atoms with Crippen molar-refractivity contribution in [2.45, 2.75) is 38.7 Å². The van der Waals surface area contributed by atoms with E-state index in [0.29, 0.717) is 25.8 Å². The van der Waals surface area contributed by atoms with Gasteiger partial charge in [-0.1, -0.05) is 12.1 Å². The summed E-state index contributed by atoms with van der Waals surface area (Å²) in [5.74, 6) is -0.272. The molecule has 1 amide bonds. The maximum atomic E-state index is 12.7. The Kier molecular flexibility index (Phi) is 6.36. The van der Waals surface area contributed by atoms with Crippen molar-refractivity contribution in [2.75, 3.05) is 6.54 Å². The van der Waals surface area contributed by atoms with E-state index in [4.69, 9.17) is 5.11 Å². The molecule has 3 nitrogen and oxygen atoms in total. The van der Waals surface area contributed by atoms with Crippen molar-refractivity contribution in [3.05, 3.63) is 35.6 Å². The van der Waals surface area contributed by atoms with Gasteiger partial charge in [0.2, 0.25) is 5.91 Å². The average molecular weight is 253 g/mol. The van der Waals surface area contributed by atoms with Crippen molar-refractivity contribution < 1.29 is 14.3 Å². The van der Waals surface area contributed by atoms with Gasteiger partial charge in [-0.15, -0.1) is 0 Å². The van der Waals surface area contributed by atoms with Crippen molar-refractivity contribution in [3.63, 3.8) is 0 Å². The highest BCUT2D eigenvalue weighted by atomic mass is 19.1. The van der Waals surface area contributed by atoms with Crippen LogP contribution in [0, 0.1) is 5.82 Å². The Morgan fingerprint density at radius 1 is 1.39 bits per heavy atom. The molecule has 0 spiro atoms. The first-order valence-corrected chi connectivity index (χ1v) is 6.27. The predicted octanol–water partition coefficient (Wildman–Crippen LogP) is 2.04.